The molecule has 0 saturated heterocycles. The first kappa shape index (κ1) is 26.1. The van der Waals surface area contributed by atoms with Crippen molar-refractivity contribution in [2.24, 2.45) is 0 Å². The number of para-hydroxylation sites is 2. The van der Waals surface area contributed by atoms with Crippen molar-refractivity contribution in [2.75, 3.05) is 4.90 Å². The first-order chi connectivity index (χ1) is 22.1. The van der Waals surface area contributed by atoms with Gasteiger partial charge in [0.05, 0.1) is 27.9 Å². The van der Waals surface area contributed by atoms with Crippen molar-refractivity contribution in [1.82, 2.24) is 4.40 Å². The first-order valence-corrected chi connectivity index (χ1v) is 16.0. The van der Waals surface area contributed by atoms with E-state index >= 15 is 0 Å². The van der Waals surface area contributed by atoms with Crippen LogP contribution in [-0.4, -0.2) is 4.40 Å². The van der Waals surface area contributed by atoms with E-state index in [0.29, 0.717) is 27.1 Å². The summed E-state index contributed by atoms with van der Waals surface area (Å²) < 4.78 is 2.15. The van der Waals surface area contributed by atoms with Gasteiger partial charge in [0.2, 0.25) is 0 Å². The monoisotopic (exact) mass is 598 g/mol. The summed E-state index contributed by atoms with van der Waals surface area (Å²) in [7, 11) is 0. The number of benzene rings is 6. The van der Waals surface area contributed by atoms with Gasteiger partial charge in [-0.1, -0.05) is 85.4 Å². The van der Waals surface area contributed by atoms with E-state index in [-0.39, 0.29) is 10.9 Å². The zero-order valence-corrected chi connectivity index (χ0v) is 25.3. The summed E-state index contributed by atoms with van der Waals surface area (Å²) in [6.07, 6.45) is 0.852. The van der Waals surface area contributed by atoms with Gasteiger partial charge >= 0.3 is 0 Å². The minimum absolute atomic E-state index is 0.0385. The van der Waals surface area contributed by atoms with Crippen molar-refractivity contribution in [3.05, 3.63) is 153 Å². The summed E-state index contributed by atoms with van der Waals surface area (Å²) in [5.41, 5.74) is 8.77. The highest BCUT2D eigenvalue weighted by Gasteiger charge is 2.27. The predicted molar refractivity (Wildman–Crippen MR) is 187 cm³/mol. The maximum Gasteiger partial charge on any atom is 0.197 e. The Morgan fingerprint density at radius 3 is 2.02 bits per heavy atom. The normalized spacial score (nSPS) is 12.7. The third-order valence-electron chi connectivity index (χ3n) is 9.07. The number of rotatable bonds is 3. The molecular formula is C40H26N2O2S. The van der Waals surface area contributed by atoms with E-state index in [4.69, 9.17) is 0 Å². The first-order valence-electron chi connectivity index (χ1n) is 15.2. The Balaban J connectivity index is 1.36. The topological polar surface area (TPSA) is 41.8 Å². The van der Waals surface area contributed by atoms with Gasteiger partial charge in [-0.25, -0.2) is 0 Å². The molecule has 2 aromatic heterocycles. The van der Waals surface area contributed by atoms with Crippen molar-refractivity contribution in [2.45, 2.75) is 23.1 Å². The molecular weight excluding hydrogens is 573 g/mol. The molecule has 1 aliphatic heterocycles. The van der Waals surface area contributed by atoms with E-state index in [9.17, 15) is 9.59 Å². The minimum Gasteiger partial charge on any atom is -0.308 e. The van der Waals surface area contributed by atoms with Crippen LogP contribution >= 0.6 is 11.8 Å². The molecule has 0 aliphatic carbocycles. The van der Waals surface area contributed by atoms with Crippen molar-refractivity contribution >= 4 is 66.9 Å². The van der Waals surface area contributed by atoms with Crippen LogP contribution < -0.4 is 15.8 Å². The zero-order valence-electron chi connectivity index (χ0n) is 24.5. The Morgan fingerprint density at radius 1 is 0.556 bits per heavy atom. The van der Waals surface area contributed by atoms with Crippen LogP contribution in [0.3, 0.4) is 0 Å². The Hall–Kier alpha value is -5.39. The Bertz CT molecular complexity index is 2590. The van der Waals surface area contributed by atoms with Crippen molar-refractivity contribution < 1.29 is 0 Å². The zero-order chi connectivity index (χ0) is 30.2. The molecule has 0 radical (unpaired) electrons. The van der Waals surface area contributed by atoms with E-state index in [1.165, 1.54) is 5.56 Å². The van der Waals surface area contributed by atoms with Gasteiger partial charge in [0.15, 0.2) is 10.9 Å². The molecule has 214 valence electrons. The number of nitrogens with zero attached hydrogens (tertiary/aromatic N) is 2. The van der Waals surface area contributed by atoms with Crippen LogP contribution in [0.5, 0.6) is 0 Å². The van der Waals surface area contributed by atoms with Crippen LogP contribution in [0.1, 0.15) is 12.5 Å². The minimum atomic E-state index is -0.0629. The quantitative estimate of drug-likeness (QED) is 0.150. The van der Waals surface area contributed by atoms with Gasteiger partial charge in [-0.05, 0) is 83.8 Å². The summed E-state index contributed by atoms with van der Waals surface area (Å²) in [6.45, 7) is 2.12. The number of aryl methyl sites for hydroxylation is 1. The fourth-order valence-corrected chi connectivity index (χ4v) is 7.93. The second kappa shape index (κ2) is 9.81. The number of aromatic nitrogens is 1. The van der Waals surface area contributed by atoms with Crippen molar-refractivity contribution in [3.63, 3.8) is 0 Å². The average Bonchev–Trinajstić information content (AvgIpc) is 3.10. The molecule has 3 heterocycles. The largest absolute Gasteiger partial charge is 0.308 e. The van der Waals surface area contributed by atoms with E-state index in [0.717, 1.165) is 55.4 Å². The second-order valence-corrected chi connectivity index (χ2v) is 12.6. The summed E-state index contributed by atoms with van der Waals surface area (Å²) in [5.74, 6) is 0. The van der Waals surface area contributed by atoms with Crippen LogP contribution in [0.4, 0.5) is 17.1 Å². The highest BCUT2D eigenvalue weighted by atomic mass is 32.2. The van der Waals surface area contributed by atoms with Crippen LogP contribution in [-0.2, 0) is 6.42 Å². The molecule has 0 N–H and O–H groups in total. The molecule has 9 rings (SSSR count). The lowest BCUT2D eigenvalue weighted by Gasteiger charge is -2.33. The molecule has 6 aromatic carbocycles. The lowest BCUT2D eigenvalue weighted by molar-refractivity contribution is 1.14. The molecule has 0 bridgehead atoms. The number of hydrogen-bond acceptors (Lipinski definition) is 4. The van der Waals surface area contributed by atoms with E-state index in [1.807, 2.05) is 36.4 Å². The maximum atomic E-state index is 14.3. The third-order valence-corrected chi connectivity index (χ3v) is 10.2. The number of pyridine rings is 2. The van der Waals surface area contributed by atoms with E-state index in [2.05, 4.69) is 107 Å². The Morgan fingerprint density at radius 2 is 1.24 bits per heavy atom. The fraction of sp³-hybridized carbons (Fsp3) is 0.0500. The third kappa shape index (κ3) is 3.81. The summed E-state index contributed by atoms with van der Waals surface area (Å²) in [5, 5.41) is 2.42. The van der Waals surface area contributed by atoms with Gasteiger partial charge in [0.1, 0.15) is 0 Å². The SMILES string of the molecule is CCc1ccc2c(=O)c3cccc4c(=O)c5cc6c(cc5n(c2c1)c34)Sc1ccccc1N6c1ccc(-c2ccccc2)cc1. The van der Waals surface area contributed by atoms with Crippen LogP contribution in [0.2, 0.25) is 0 Å². The molecule has 1 aliphatic rings. The van der Waals surface area contributed by atoms with Gasteiger partial charge in [-0.15, -0.1) is 0 Å². The van der Waals surface area contributed by atoms with Crippen molar-refractivity contribution in [3.8, 4) is 11.1 Å². The lowest BCUT2D eigenvalue weighted by Crippen LogP contribution is -2.17. The van der Waals surface area contributed by atoms with Crippen LogP contribution in [0.25, 0.3) is 49.2 Å². The standard InChI is InChI=1S/C40H26N2O2S/c1-2-24-15-20-28-33(21-24)42-34-23-37-35(22-31(34)40(44)30-12-8-11-29(38(30)42)39(28)43)41(32-13-6-7-14-36(32)45-37)27-18-16-26(17-19-27)25-9-4-3-5-10-25/h3-23H,2H2,1H3. The maximum absolute atomic E-state index is 14.3. The average molecular weight is 599 g/mol. The Labute approximate surface area is 263 Å². The van der Waals surface area contributed by atoms with Gasteiger partial charge in [0, 0.05) is 37.0 Å². The van der Waals surface area contributed by atoms with Gasteiger partial charge < -0.3 is 9.30 Å². The molecule has 0 unspecified atom stereocenters. The predicted octanol–water partition coefficient (Wildman–Crippen LogP) is 9.72. The highest BCUT2D eigenvalue weighted by Crippen LogP contribution is 2.52. The van der Waals surface area contributed by atoms with Crippen LogP contribution in [0, 0.1) is 0 Å². The highest BCUT2D eigenvalue weighted by molar-refractivity contribution is 7.99. The molecule has 0 saturated carbocycles. The molecule has 0 atom stereocenters. The fourth-order valence-electron chi connectivity index (χ4n) is 6.86. The lowest BCUT2D eigenvalue weighted by atomic mass is 10.0. The molecule has 4 nitrogen and oxygen atoms in total. The smallest absolute Gasteiger partial charge is 0.197 e. The summed E-state index contributed by atoms with van der Waals surface area (Å²) in [4.78, 5) is 32.5. The second-order valence-electron chi connectivity index (χ2n) is 11.6. The summed E-state index contributed by atoms with van der Waals surface area (Å²) >= 11 is 1.71. The van der Waals surface area contributed by atoms with Gasteiger partial charge in [-0.2, -0.15) is 0 Å². The Kier molecular flexibility index (Phi) is 5.68. The number of hydrogen-bond donors (Lipinski definition) is 0. The van der Waals surface area contributed by atoms with E-state index < -0.39 is 0 Å². The van der Waals surface area contributed by atoms with E-state index in [1.54, 1.807) is 11.8 Å². The van der Waals surface area contributed by atoms with Gasteiger partial charge in [0.25, 0.3) is 0 Å². The molecule has 8 aromatic rings. The van der Waals surface area contributed by atoms with Crippen LogP contribution in [0.15, 0.2) is 147 Å². The summed E-state index contributed by atoms with van der Waals surface area (Å²) in [6, 6.07) is 43.2. The molecule has 45 heavy (non-hydrogen) atoms. The molecule has 0 fully saturated rings. The van der Waals surface area contributed by atoms with Crippen molar-refractivity contribution in [1.29, 1.82) is 0 Å². The molecule has 0 spiro atoms. The molecule has 0 amide bonds. The molecule has 5 heteroatoms. The van der Waals surface area contributed by atoms with Gasteiger partial charge in [-0.3, -0.25) is 9.59 Å². The number of fused-ring (bicyclic) bond motifs is 6. The number of anilines is 3.